The van der Waals surface area contributed by atoms with Gasteiger partial charge < -0.3 is 19.9 Å². The van der Waals surface area contributed by atoms with Crippen LogP contribution < -0.4 is 10.2 Å². The van der Waals surface area contributed by atoms with Gasteiger partial charge in [0, 0.05) is 49.7 Å². The van der Waals surface area contributed by atoms with Crippen molar-refractivity contribution < 1.29 is 14.3 Å². The van der Waals surface area contributed by atoms with E-state index >= 15 is 0 Å². The fourth-order valence-corrected chi connectivity index (χ4v) is 4.58. The highest BCUT2D eigenvalue weighted by Crippen LogP contribution is 2.30. The van der Waals surface area contributed by atoms with E-state index in [1.165, 1.54) is 0 Å². The van der Waals surface area contributed by atoms with E-state index in [-0.39, 0.29) is 24.5 Å². The smallest absolute Gasteiger partial charge is 0.253 e. The molecule has 11 heteroatoms. The molecule has 2 aliphatic rings. The Morgan fingerprint density at radius 3 is 2.63 bits per heavy atom. The maximum Gasteiger partial charge on any atom is 0.253 e. The number of ether oxygens (including phenoxy) is 1. The average Bonchev–Trinajstić information content (AvgIpc) is 3.36. The molecule has 4 heterocycles. The normalized spacial score (nSPS) is 17.0. The average molecular weight is 496 g/mol. The van der Waals surface area contributed by atoms with Crippen LogP contribution >= 0.6 is 11.6 Å². The van der Waals surface area contributed by atoms with Crippen LogP contribution in [0.25, 0.3) is 11.3 Å². The number of piperidine rings is 1. The summed E-state index contributed by atoms with van der Waals surface area (Å²) < 4.78 is 7.13. The summed E-state index contributed by atoms with van der Waals surface area (Å²) >= 11 is 6.42. The minimum atomic E-state index is -0.0485. The van der Waals surface area contributed by atoms with E-state index in [1.54, 1.807) is 24.2 Å². The first kappa shape index (κ1) is 23.3. The molecule has 3 aromatic rings. The monoisotopic (exact) mass is 495 g/mol. The molecule has 0 spiro atoms. The number of aromatic nitrogens is 4. The molecule has 1 N–H and O–H groups in total. The van der Waals surface area contributed by atoms with Crippen molar-refractivity contribution in [2.75, 3.05) is 43.1 Å². The molecule has 0 bridgehead atoms. The number of anilines is 3. The van der Waals surface area contributed by atoms with Gasteiger partial charge in [-0.15, -0.1) is 0 Å². The van der Waals surface area contributed by atoms with Crippen LogP contribution in [0, 0.1) is 0 Å². The number of amides is 2. The summed E-state index contributed by atoms with van der Waals surface area (Å²) in [5.74, 6) is 0.469. The molecule has 2 aromatic heterocycles. The Labute approximate surface area is 207 Å². The Kier molecular flexibility index (Phi) is 6.65. The van der Waals surface area contributed by atoms with Gasteiger partial charge in [-0.2, -0.15) is 5.10 Å². The van der Waals surface area contributed by atoms with Crippen LogP contribution in [0.3, 0.4) is 0 Å². The van der Waals surface area contributed by atoms with Crippen LogP contribution in [-0.4, -0.2) is 69.3 Å². The van der Waals surface area contributed by atoms with Gasteiger partial charge in [0.2, 0.25) is 11.9 Å². The number of halogens is 1. The number of hydrogen-bond acceptors (Lipinski definition) is 7. The zero-order valence-electron chi connectivity index (χ0n) is 19.4. The molecule has 2 fully saturated rings. The summed E-state index contributed by atoms with van der Waals surface area (Å²) in [6.07, 6.45) is 6.98. The lowest BCUT2D eigenvalue weighted by atomic mass is 10.1. The second-order valence-corrected chi connectivity index (χ2v) is 9.01. The third-order valence-corrected chi connectivity index (χ3v) is 6.60. The number of nitrogens with one attached hydrogen (secondary N) is 1. The van der Waals surface area contributed by atoms with Crippen molar-refractivity contribution in [2.45, 2.75) is 25.8 Å². The molecule has 35 heavy (non-hydrogen) atoms. The van der Waals surface area contributed by atoms with E-state index in [9.17, 15) is 9.59 Å². The van der Waals surface area contributed by atoms with Gasteiger partial charge in [-0.25, -0.2) is 9.97 Å². The second-order valence-electron chi connectivity index (χ2n) is 8.61. The van der Waals surface area contributed by atoms with Crippen LogP contribution in [0.5, 0.6) is 0 Å². The molecule has 2 aliphatic heterocycles. The molecule has 0 aliphatic carbocycles. The van der Waals surface area contributed by atoms with Gasteiger partial charge in [0.05, 0.1) is 35.8 Å². The Balaban J connectivity index is 1.28. The number of morpholine rings is 1. The standard InChI is InChI=1S/C24H26ClN7O3/c1-16(33)30-8-6-20(7-9-30)32-14-17(12-27-32)23-21(25)13-26-24(29-23)28-18-2-4-19(5-3-18)31-10-11-35-15-22(31)34/h2-5,12-14,20H,6-11,15H2,1H3,(H,26,28,29). The van der Waals surface area contributed by atoms with Gasteiger partial charge >= 0.3 is 0 Å². The van der Waals surface area contributed by atoms with Crippen LogP contribution in [0.2, 0.25) is 5.02 Å². The molecule has 0 radical (unpaired) electrons. The number of carbonyl (C=O) groups is 2. The highest BCUT2D eigenvalue weighted by atomic mass is 35.5. The van der Waals surface area contributed by atoms with E-state index in [0.717, 1.165) is 42.9 Å². The first-order chi connectivity index (χ1) is 17.0. The molecular weight excluding hydrogens is 470 g/mol. The second kappa shape index (κ2) is 10.0. The number of rotatable bonds is 5. The van der Waals surface area contributed by atoms with Crippen LogP contribution in [0.4, 0.5) is 17.3 Å². The quantitative estimate of drug-likeness (QED) is 0.579. The SMILES string of the molecule is CC(=O)N1CCC(n2cc(-c3nc(Nc4ccc(N5CCOCC5=O)cc4)ncc3Cl)cn2)CC1. The highest BCUT2D eigenvalue weighted by molar-refractivity contribution is 6.32. The van der Waals surface area contributed by atoms with E-state index < -0.39 is 0 Å². The van der Waals surface area contributed by atoms with Gasteiger partial charge in [-0.3, -0.25) is 14.3 Å². The minimum absolute atomic E-state index is 0.0485. The molecule has 182 valence electrons. The minimum Gasteiger partial charge on any atom is -0.370 e. The number of nitrogens with zero attached hydrogens (tertiary/aromatic N) is 6. The summed E-state index contributed by atoms with van der Waals surface area (Å²) in [6, 6.07) is 7.74. The maximum atomic E-state index is 12.0. The Bertz CT molecular complexity index is 1220. The Morgan fingerprint density at radius 2 is 1.91 bits per heavy atom. The van der Waals surface area contributed by atoms with Gasteiger partial charge in [-0.1, -0.05) is 11.6 Å². The lowest BCUT2D eigenvalue weighted by molar-refractivity contribution is -0.130. The molecular formula is C24H26ClN7O3. The maximum absolute atomic E-state index is 12.0. The van der Waals surface area contributed by atoms with Crippen molar-refractivity contribution in [3.05, 3.63) is 47.9 Å². The number of carbonyl (C=O) groups excluding carboxylic acids is 2. The predicted molar refractivity (Wildman–Crippen MR) is 132 cm³/mol. The van der Waals surface area contributed by atoms with Crippen molar-refractivity contribution in [2.24, 2.45) is 0 Å². The van der Waals surface area contributed by atoms with Crippen LogP contribution in [0.1, 0.15) is 25.8 Å². The molecule has 2 amide bonds. The summed E-state index contributed by atoms with van der Waals surface area (Å²) in [5, 5.41) is 8.16. The molecule has 0 unspecified atom stereocenters. The molecule has 10 nitrogen and oxygen atoms in total. The van der Waals surface area contributed by atoms with Crippen molar-refractivity contribution in [3.63, 3.8) is 0 Å². The van der Waals surface area contributed by atoms with Crippen molar-refractivity contribution in [1.82, 2.24) is 24.6 Å². The lowest BCUT2D eigenvalue weighted by Gasteiger charge is -2.31. The number of benzene rings is 1. The van der Waals surface area contributed by atoms with Gasteiger partial charge in [0.25, 0.3) is 5.91 Å². The zero-order chi connectivity index (χ0) is 24.4. The summed E-state index contributed by atoms with van der Waals surface area (Å²) in [7, 11) is 0. The largest absolute Gasteiger partial charge is 0.370 e. The van der Waals surface area contributed by atoms with Crippen LogP contribution in [-0.2, 0) is 14.3 Å². The highest BCUT2D eigenvalue weighted by Gasteiger charge is 2.23. The summed E-state index contributed by atoms with van der Waals surface area (Å²) in [5.41, 5.74) is 3.00. The van der Waals surface area contributed by atoms with Gasteiger partial charge in [-0.05, 0) is 37.1 Å². The van der Waals surface area contributed by atoms with Crippen molar-refractivity contribution in [3.8, 4) is 11.3 Å². The number of hydrogen-bond donors (Lipinski definition) is 1. The van der Waals surface area contributed by atoms with E-state index in [0.29, 0.717) is 29.8 Å². The van der Waals surface area contributed by atoms with Gasteiger partial charge in [0.15, 0.2) is 0 Å². The van der Waals surface area contributed by atoms with Gasteiger partial charge in [0.1, 0.15) is 6.61 Å². The lowest BCUT2D eigenvalue weighted by Crippen LogP contribution is -2.41. The van der Waals surface area contributed by atoms with Crippen LogP contribution in [0.15, 0.2) is 42.9 Å². The molecule has 2 saturated heterocycles. The third-order valence-electron chi connectivity index (χ3n) is 6.32. The first-order valence-corrected chi connectivity index (χ1v) is 11.9. The molecule has 0 saturated carbocycles. The molecule has 5 rings (SSSR count). The zero-order valence-corrected chi connectivity index (χ0v) is 20.1. The predicted octanol–water partition coefficient (Wildman–Crippen LogP) is 3.28. The Morgan fingerprint density at radius 1 is 1.14 bits per heavy atom. The van der Waals surface area contributed by atoms with E-state index in [1.807, 2.05) is 40.0 Å². The van der Waals surface area contributed by atoms with E-state index in [2.05, 4.69) is 20.4 Å². The fourth-order valence-electron chi connectivity index (χ4n) is 4.38. The van der Waals surface area contributed by atoms with Crippen molar-refractivity contribution >= 4 is 40.7 Å². The van der Waals surface area contributed by atoms with E-state index in [4.69, 9.17) is 16.3 Å². The molecule has 1 aromatic carbocycles. The Hall–Kier alpha value is -3.50. The fraction of sp³-hybridized carbons (Fsp3) is 0.375. The summed E-state index contributed by atoms with van der Waals surface area (Å²) in [6.45, 7) is 4.25. The third kappa shape index (κ3) is 5.13. The summed E-state index contributed by atoms with van der Waals surface area (Å²) in [4.78, 5) is 36.1. The first-order valence-electron chi connectivity index (χ1n) is 11.6. The molecule has 0 atom stereocenters. The number of likely N-dealkylation sites (tertiary alicyclic amines) is 1. The van der Waals surface area contributed by atoms with Crippen molar-refractivity contribution in [1.29, 1.82) is 0 Å². The topological polar surface area (TPSA) is 105 Å².